The van der Waals surface area contributed by atoms with Gasteiger partial charge >= 0.3 is 0 Å². The molecule has 0 aliphatic carbocycles. The molecule has 2 aromatic heterocycles. The number of hydrogen-bond acceptors (Lipinski definition) is 3. The number of fused-ring (bicyclic) bond motifs is 1. The standard InChI is InChI=1S/C23H17BrN4O2/c24-17-8-6-15(7-9-17)23(30)28-19-10-11-26-22-20(19)16(13-27-22)12-18(21(25)29)14-4-2-1-3-5-14/h1-13H,(H2,25,29)(H2,26,27,28,30). The molecule has 148 valence electrons. The van der Waals surface area contributed by atoms with Gasteiger partial charge in [0, 0.05) is 39.0 Å². The van der Waals surface area contributed by atoms with Gasteiger partial charge in [0.25, 0.3) is 5.91 Å². The molecule has 2 amide bonds. The number of primary amides is 1. The van der Waals surface area contributed by atoms with Crippen molar-refractivity contribution in [2.45, 2.75) is 0 Å². The number of hydrogen-bond donors (Lipinski definition) is 3. The molecule has 30 heavy (non-hydrogen) atoms. The Bertz CT molecular complexity index is 1260. The summed E-state index contributed by atoms with van der Waals surface area (Å²) in [6, 6.07) is 18.0. The third kappa shape index (κ3) is 4.01. The van der Waals surface area contributed by atoms with Gasteiger partial charge in [-0.25, -0.2) is 4.98 Å². The van der Waals surface area contributed by atoms with Crippen LogP contribution in [-0.2, 0) is 4.79 Å². The Hall–Kier alpha value is -3.71. The first-order valence-corrected chi connectivity index (χ1v) is 9.92. The number of amides is 2. The molecule has 4 rings (SSSR count). The number of rotatable bonds is 5. The van der Waals surface area contributed by atoms with Crippen LogP contribution in [0.15, 0.2) is 77.5 Å². The fourth-order valence-corrected chi connectivity index (χ4v) is 3.43. The Morgan fingerprint density at radius 1 is 1.00 bits per heavy atom. The molecule has 0 spiro atoms. The van der Waals surface area contributed by atoms with Crippen molar-refractivity contribution in [2.24, 2.45) is 5.73 Å². The first kappa shape index (κ1) is 19.6. The largest absolute Gasteiger partial charge is 0.366 e. The molecule has 0 bridgehead atoms. The molecule has 0 aliphatic rings. The lowest BCUT2D eigenvalue weighted by Gasteiger charge is -2.08. The summed E-state index contributed by atoms with van der Waals surface area (Å²) < 4.78 is 0.892. The highest BCUT2D eigenvalue weighted by atomic mass is 79.9. The van der Waals surface area contributed by atoms with Crippen LogP contribution < -0.4 is 11.1 Å². The number of nitrogens with two attached hydrogens (primary N) is 1. The molecule has 0 unspecified atom stereocenters. The number of carbonyl (C=O) groups is 2. The van der Waals surface area contributed by atoms with Gasteiger partial charge in [-0.2, -0.15) is 0 Å². The zero-order chi connectivity index (χ0) is 21.1. The average molecular weight is 461 g/mol. The Morgan fingerprint density at radius 3 is 2.43 bits per heavy atom. The first-order chi connectivity index (χ1) is 14.5. The quantitative estimate of drug-likeness (QED) is 0.379. The summed E-state index contributed by atoms with van der Waals surface area (Å²) in [6.07, 6.45) is 5.04. The summed E-state index contributed by atoms with van der Waals surface area (Å²) in [5.41, 5.74) is 9.10. The number of halogens is 1. The number of nitrogens with one attached hydrogen (secondary N) is 2. The van der Waals surface area contributed by atoms with Crippen LogP contribution in [0.25, 0.3) is 22.7 Å². The van der Waals surface area contributed by atoms with E-state index in [1.54, 1.807) is 48.8 Å². The van der Waals surface area contributed by atoms with Gasteiger partial charge in [0.05, 0.1) is 5.69 Å². The predicted molar refractivity (Wildman–Crippen MR) is 122 cm³/mol. The summed E-state index contributed by atoms with van der Waals surface area (Å²) in [6.45, 7) is 0. The maximum absolute atomic E-state index is 12.7. The van der Waals surface area contributed by atoms with E-state index in [0.717, 1.165) is 4.47 Å². The van der Waals surface area contributed by atoms with E-state index in [4.69, 9.17) is 5.73 Å². The normalized spacial score (nSPS) is 11.4. The number of anilines is 1. The molecule has 0 saturated heterocycles. The minimum atomic E-state index is -0.542. The number of carbonyl (C=O) groups excluding carboxylic acids is 2. The number of benzene rings is 2. The van der Waals surface area contributed by atoms with E-state index in [9.17, 15) is 9.59 Å². The maximum Gasteiger partial charge on any atom is 0.255 e. The van der Waals surface area contributed by atoms with Crippen molar-refractivity contribution in [3.63, 3.8) is 0 Å². The molecule has 0 radical (unpaired) electrons. The molecule has 0 fully saturated rings. The van der Waals surface area contributed by atoms with Gasteiger partial charge in [0.1, 0.15) is 5.65 Å². The van der Waals surface area contributed by atoms with Crippen molar-refractivity contribution in [3.8, 4) is 0 Å². The third-order valence-electron chi connectivity index (χ3n) is 4.61. The minimum Gasteiger partial charge on any atom is -0.366 e. The second kappa shape index (κ2) is 8.34. The van der Waals surface area contributed by atoms with E-state index in [1.807, 2.05) is 30.3 Å². The van der Waals surface area contributed by atoms with Gasteiger partial charge in [-0.05, 0) is 42.0 Å². The van der Waals surface area contributed by atoms with Crippen molar-refractivity contribution >= 4 is 56.1 Å². The zero-order valence-corrected chi connectivity index (χ0v) is 17.3. The minimum absolute atomic E-state index is 0.246. The lowest BCUT2D eigenvalue weighted by molar-refractivity contribution is -0.112. The second-order valence-corrected chi connectivity index (χ2v) is 7.49. The first-order valence-electron chi connectivity index (χ1n) is 9.13. The van der Waals surface area contributed by atoms with Gasteiger partial charge in [-0.1, -0.05) is 46.3 Å². The van der Waals surface area contributed by atoms with Crippen LogP contribution >= 0.6 is 15.9 Å². The average Bonchev–Trinajstić information content (AvgIpc) is 3.17. The van der Waals surface area contributed by atoms with E-state index in [1.165, 1.54) is 0 Å². The SMILES string of the molecule is NC(=O)C(=Cc1c[nH]c2nccc(NC(=O)c3ccc(Br)cc3)c12)c1ccccc1. The lowest BCUT2D eigenvalue weighted by Crippen LogP contribution is -2.13. The molecule has 6 nitrogen and oxygen atoms in total. The Balaban J connectivity index is 1.76. The number of H-pyrrole nitrogens is 1. The molecule has 0 aliphatic heterocycles. The molecule has 4 N–H and O–H groups in total. The van der Waals surface area contributed by atoms with Crippen LogP contribution in [0, 0.1) is 0 Å². The number of pyridine rings is 1. The smallest absolute Gasteiger partial charge is 0.255 e. The zero-order valence-electron chi connectivity index (χ0n) is 15.7. The molecule has 7 heteroatoms. The van der Waals surface area contributed by atoms with Gasteiger partial charge in [0.2, 0.25) is 5.91 Å². The topological polar surface area (TPSA) is 101 Å². The molecular formula is C23H17BrN4O2. The van der Waals surface area contributed by atoms with Crippen LogP contribution in [0.4, 0.5) is 5.69 Å². The number of aromatic nitrogens is 2. The van der Waals surface area contributed by atoms with Gasteiger partial charge in [0.15, 0.2) is 0 Å². The highest BCUT2D eigenvalue weighted by Crippen LogP contribution is 2.29. The van der Waals surface area contributed by atoms with Crippen LogP contribution in [0.1, 0.15) is 21.5 Å². The van der Waals surface area contributed by atoms with Crippen LogP contribution in [0.2, 0.25) is 0 Å². The fraction of sp³-hybridized carbons (Fsp3) is 0. The highest BCUT2D eigenvalue weighted by Gasteiger charge is 2.15. The van der Waals surface area contributed by atoms with Crippen molar-refractivity contribution in [1.29, 1.82) is 0 Å². The predicted octanol–water partition coefficient (Wildman–Crippen LogP) is 4.60. The van der Waals surface area contributed by atoms with E-state index in [2.05, 4.69) is 31.2 Å². The van der Waals surface area contributed by atoms with E-state index < -0.39 is 5.91 Å². The summed E-state index contributed by atoms with van der Waals surface area (Å²) >= 11 is 3.36. The van der Waals surface area contributed by atoms with E-state index >= 15 is 0 Å². The Labute approximate surface area is 181 Å². The van der Waals surface area contributed by atoms with Crippen molar-refractivity contribution in [3.05, 3.63) is 94.2 Å². The van der Waals surface area contributed by atoms with E-state index in [0.29, 0.717) is 39.0 Å². The lowest BCUT2D eigenvalue weighted by atomic mass is 10.0. The van der Waals surface area contributed by atoms with E-state index in [-0.39, 0.29) is 5.91 Å². The summed E-state index contributed by atoms with van der Waals surface area (Å²) in [5, 5.41) is 3.62. The van der Waals surface area contributed by atoms with Gasteiger partial charge in [-0.3, -0.25) is 9.59 Å². The van der Waals surface area contributed by atoms with Crippen LogP contribution in [0.5, 0.6) is 0 Å². The summed E-state index contributed by atoms with van der Waals surface area (Å²) in [7, 11) is 0. The second-order valence-electron chi connectivity index (χ2n) is 6.58. The molecule has 0 saturated carbocycles. The highest BCUT2D eigenvalue weighted by molar-refractivity contribution is 9.10. The monoisotopic (exact) mass is 460 g/mol. The summed E-state index contributed by atoms with van der Waals surface area (Å²) in [4.78, 5) is 32.2. The molecule has 2 aromatic carbocycles. The molecule has 4 aromatic rings. The Kier molecular flexibility index (Phi) is 5.45. The van der Waals surface area contributed by atoms with Crippen LogP contribution in [0.3, 0.4) is 0 Å². The van der Waals surface area contributed by atoms with Crippen LogP contribution in [-0.4, -0.2) is 21.8 Å². The van der Waals surface area contributed by atoms with Gasteiger partial charge < -0.3 is 16.0 Å². The maximum atomic E-state index is 12.7. The van der Waals surface area contributed by atoms with Crippen molar-refractivity contribution in [2.75, 3.05) is 5.32 Å². The molecule has 2 heterocycles. The summed E-state index contributed by atoms with van der Waals surface area (Å²) in [5.74, 6) is -0.788. The van der Waals surface area contributed by atoms with Crippen molar-refractivity contribution in [1.82, 2.24) is 9.97 Å². The molecule has 0 atom stereocenters. The number of nitrogens with zero attached hydrogens (tertiary/aromatic N) is 1. The third-order valence-corrected chi connectivity index (χ3v) is 5.14. The number of aromatic amines is 1. The Morgan fingerprint density at radius 2 is 1.73 bits per heavy atom. The van der Waals surface area contributed by atoms with Crippen molar-refractivity contribution < 1.29 is 9.59 Å². The molecular weight excluding hydrogens is 444 g/mol. The fourth-order valence-electron chi connectivity index (χ4n) is 3.17. The van der Waals surface area contributed by atoms with Gasteiger partial charge in [-0.15, -0.1) is 0 Å².